The smallest absolute Gasteiger partial charge is 0.178 e. The fourth-order valence-corrected chi connectivity index (χ4v) is 9.26. The first-order valence-corrected chi connectivity index (χ1v) is 17.8. The van der Waals surface area contributed by atoms with Crippen LogP contribution in [0.15, 0.2) is 77.5 Å². The molecule has 1 aliphatic heterocycles. The number of aryl methyl sites for hydroxylation is 3. The zero-order chi connectivity index (χ0) is 30.3. The van der Waals surface area contributed by atoms with Crippen LogP contribution >= 0.6 is 0 Å². The van der Waals surface area contributed by atoms with E-state index in [-0.39, 0.29) is 17.3 Å². The van der Waals surface area contributed by atoms with Gasteiger partial charge in [0.15, 0.2) is 11.6 Å². The zero-order valence-electron chi connectivity index (χ0n) is 25.7. The van der Waals surface area contributed by atoms with Crippen LogP contribution < -0.4 is 9.92 Å². The van der Waals surface area contributed by atoms with Crippen LogP contribution in [-0.4, -0.2) is 24.7 Å². The number of allylic oxidation sites excluding steroid dienone is 5. The molecule has 3 aromatic carbocycles. The number of phenols is 1. The Bertz CT molecular complexity index is 1680. The molecule has 2 aliphatic rings. The summed E-state index contributed by atoms with van der Waals surface area (Å²) in [5.41, 5.74) is 7.72. The summed E-state index contributed by atoms with van der Waals surface area (Å²) in [4.78, 5) is 25.6. The SMILES string of the molecule is Cc1cc(C(=O)CCCC(C)C)ccc1C1=C2C=CC(=O)C=C2[Si](C)(C)c2cc(Oc3cc(C)c(O)c(C)c3)ccc21. The molecule has 1 heterocycles. The fourth-order valence-electron chi connectivity index (χ4n) is 6.20. The molecule has 0 aromatic heterocycles. The molecule has 0 unspecified atom stereocenters. The third-order valence-corrected chi connectivity index (χ3v) is 12.1. The molecule has 216 valence electrons. The molecule has 0 saturated heterocycles. The van der Waals surface area contributed by atoms with Gasteiger partial charge in [0.2, 0.25) is 0 Å². The number of aromatic hydroxyl groups is 1. The van der Waals surface area contributed by atoms with Gasteiger partial charge in [-0.15, -0.1) is 0 Å². The maximum Gasteiger partial charge on any atom is 0.178 e. The minimum absolute atomic E-state index is 0.0126. The monoisotopic (exact) mass is 576 g/mol. The van der Waals surface area contributed by atoms with E-state index in [9.17, 15) is 14.7 Å². The van der Waals surface area contributed by atoms with Crippen LogP contribution in [-0.2, 0) is 4.79 Å². The van der Waals surface area contributed by atoms with Crippen molar-refractivity contribution in [1.82, 2.24) is 0 Å². The zero-order valence-corrected chi connectivity index (χ0v) is 26.7. The van der Waals surface area contributed by atoms with Crippen LogP contribution in [0.2, 0.25) is 13.1 Å². The molecule has 3 aromatic rings. The molecular formula is C37H40O4Si. The highest BCUT2D eigenvalue weighted by Gasteiger charge is 2.40. The number of fused-ring (bicyclic) bond motifs is 2. The predicted molar refractivity (Wildman–Crippen MR) is 174 cm³/mol. The van der Waals surface area contributed by atoms with E-state index < -0.39 is 8.07 Å². The Morgan fingerprint density at radius 3 is 2.24 bits per heavy atom. The van der Waals surface area contributed by atoms with E-state index in [2.05, 4.69) is 52.1 Å². The van der Waals surface area contributed by atoms with E-state index in [0.29, 0.717) is 18.1 Å². The van der Waals surface area contributed by atoms with Gasteiger partial charge in [0.1, 0.15) is 25.3 Å². The molecule has 4 nitrogen and oxygen atoms in total. The number of ketones is 2. The Kier molecular flexibility index (Phi) is 7.99. The van der Waals surface area contributed by atoms with Gasteiger partial charge in [-0.05, 0) is 125 Å². The van der Waals surface area contributed by atoms with E-state index in [1.54, 1.807) is 6.08 Å². The largest absolute Gasteiger partial charge is 0.507 e. The summed E-state index contributed by atoms with van der Waals surface area (Å²) in [5, 5.41) is 12.5. The molecule has 0 bridgehead atoms. The first kappa shape index (κ1) is 29.5. The van der Waals surface area contributed by atoms with Gasteiger partial charge in [0.25, 0.3) is 0 Å². The van der Waals surface area contributed by atoms with Crippen molar-refractivity contribution in [3.8, 4) is 17.2 Å². The van der Waals surface area contributed by atoms with Crippen molar-refractivity contribution in [3.63, 3.8) is 0 Å². The Balaban J connectivity index is 1.59. The maximum atomic E-state index is 13.0. The Morgan fingerprint density at radius 2 is 1.57 bits per heavy atom. The highest BCUT2D eigenvalue weighted by atomic mass is 28.3. The molecule has 1 N–H and O–H groups in total. The molecule has 0 spiro atoms. The lowest BCUT2D eigenvalue weighted by molar-refractivity contribution is -0.110. The van der Waals surface area contributed by atoms with Crippen LogP contribution in [0.4, 0.5) is 0 Å². The van der Waals surface area contributed by atoms with E-state index in [1.807, 2.05) is 56.3 Å². The number of carbonyl (C=O) groups is 2. The van der Waals surface area contributed by atoms with E-state index in [0.717, 1.165) is 68.3 Å². The Labute approximate surface area is 250 Å². The molecule has 0 saturated carbocycles. The third kappa shape index (κ3) is 5.58. The second kappa shape index (κ2) is 11.4. The van der Waals surface area contributed by atoms with E-state index in [4.69, 9.17) is 4.74 Å². The van der Waals surface area contributed by atoms with Gasteiger partial charge in [-0.25, -0.2) is 0 Å². The maximum absolute atomic E-state index is 13.0. The van der Waals surface area contributed by atoms with Crippen LogP contribution in [0.1, 0.15) is 71.3 Å². The summed E-state index contributed by atoms with van der Waals surface area (Å²) < 4.78 is 6.32. The number of hydrogen-bond acceptors (Lipinski definition) is 4. The molecular weight excluding hydrogens is 536 g/mol. The molecule has 5 rings (SSSR count). The lowest BCUT2D eigenvalue weighted by atomic mass is 9.86. The Morgan fingerprint density at radius 1 is 0.881 bits per heavy atom. The van der Waals surface area contributed by atoms with Gasteiger partial charge in [0.05, 0.1) is 0 Å². The van der Waals surface area contributed by atoms with Crippen molar-refractivity contribution in [1.29, 1.82) is 0 Å². The summed E-state index contributed by atoms with van der Waals surface area (Å²) >= 11 is 0. The molecule has 5 heteroatoms. The molecule has 0 amide bonds. The quantitative estimate of drug-likeness (QED) is 0.216. The minimum atomic E-state index is -2.28. The standard InChI is InChI=1S/C37H40O4Si/c1-22(2)9-8-10-33(39)26-11-14-30(23(3)17-26)36-31-15-12-27(38)20-34(31)42(6,7)35-21-28(13-16-32(35)36)41-29-18-24(4)37(40)25(5)19-29/h11-22,40H,8-10H2,1-7H3. The van der Waals surface area contributed by atoms with Crippen molar-refractivity contribution in [3.05, 3.63) is 111 Å². The average molecular weight is 577 g/mol. The van der Waals surface area contributed by atoms with Crippen LogP contribution in [0, 0.1) is 26.7 Å². The van der Waals surface area contributed by atoms with Gasteiger partial charge < -0.3 is 9.84 Å². The first-order valence-electron chi connectivity index (χ1n) is 14.8. The molecule has 42 heavy (non-hydrogen) atoms. The van der Waals surface area contributed by atoms with Crippen molar-refractivity contribution in [2.24, 2.45) is 5.92 Å². The van der Waals surface area contributed by atoms with Crippen molar-refractivity contribution in [2.45, 2.75) is 67.0 Å². The number of carbonyl (C=O) groups excluding carboxylic acids is 2. The van der Waals surface area contributed by atoms with Gasteiger partial charge in [0, 0.05) is 12.0 Å². The predicted octanol–water partition coefficient (Wildman–Crippen LogP) is 8.45. The lowest BCUT2D eigenvalue weighted by Crippen LogP contribution is -2.49. The number of ether oxygens (including phenoxy) is 1. The average Bonchev–Trinajstić information content (AvgIpc) is 2.93. The first-order chi connectivity index (χ1) is 19.9. The summed E-state index contributed by atoms with van der Waals surface area (Å²) in [6, 6.07) is 16.0. The van der Waals surface area contributed by atoms with E-state index >= 15 is 0 Å². The normalized spacial score (nSPS) is 15.4. The van der Waals surface area contributed by atoms with Crippen LogP contribution in [0.3, 0.4) is 0 Å². The number of benzene rings is 3. The summed E-state index contributed by atoms with van der Waals surface area (Å²) in [6.07, 6.45) is 7.96. The van der Waals surface area contributed by atoms with Gasteiger partial charge >= 0.3 is 0 Å². The fraction of sp³-hybridized carbons (Fsp3) is 0.297. The highest BCUT2D eigenvalue weighted by Crippen LogP contribution is 2.43. The third-order valence-electron chi connectivity index (χ3n) is 8.57. The van der Waals surface area contributed by atoms with Gasteiger partial charge in [-0.1, -0.05) is 57.6 Å². The van der Waals surface area contributed by atoms with Gasteiger partial charge in [-0.3, -0.25) is 9.59 Å². The van der Waals surface area contributed by atoms with Crippen LogP contribution in [0.25, 0.3) is 5.57 Å². The summed E-state index contributed by atoms with van der Waals surface area (Å²) in [5.74, 6) is 2.47. The minimum Gasteiger partial charge on any atom is -0.507 e. The van der Waals surface area contributed by atoms with Crippen molar-refractivity contribution in [2.75, 3.05) is 0 Å². The van der Waals surface area contributed by atoms with Crippen LogP contribution in [0.5, 0.6) is 17.2 Å². The number of phenolic OH excluding ortho intramolecular Hbond substituents is 1. The molecule has 0 atom stereocenters. The topological polar surface area (TPSA) is 63.6 Å². The summed E-state index contributed by atoms with van der Waals surface area (Å²) in [6.45, 7) is 14.7. The van der Waals surface area contributed by atoms with Gasteiger partial charge in [-0.2, -0.15) is 0 Å². The number of hydrogen-bond donors (Lipinski definition) is 1. The van der Waals surface area contributed by atoms with Crippen molar-refractivity contribution >= 4 is 30.4 Å². The second-order valence-corrected chi connectivity index (χ2v) is 17.0. The highest BCUT2D eigenvalue weighted by molar-refractivity contribution is 6.98. The van der Waals surface area contributed by atoms with E-state index in [1.165, 1.54) is 5.19 Å². The number of rotatable bonds is 8. The van der Waals surface area contributed by atoms with Crippen molar-refractivity contribution < 1.29 is 19.4 Å². The molecule has 0 radical (unpaired) electrons. The second-order valence-electron chi connectivity index (χ2n) is 12.7. The lowest BCUT2D eigenvalue weighted by Gasteiger charge is -2.38. The molecule has 1 aliphatic carbocycles. The Hall–Kier alpha value is -3.96. The number of Topliss-reactive ketones (excluding diaryl/α,β-unsaturated/α-hetero) is 1. The summed E-state index contributed by atoms with van der Waals surface area (Å²) in [7, 11) is -2.28. The molecule has 0 fully saturated rings.